The molecule has 0 rings (SSSR count). The van der Waals surface area contributed by atoms with E-state index in [2.05, 4.69) is 20.1 Å². The van der Waals surface area contributed by atoms with Crippen LogP contribution < -0.4 is 0 Å². The highest BCUT2D eigenvalue weighted by Crippen LogP contribution is 2.15. The van der Waals surface area contributed by atoms with Crippen molar-refractivity contribution in [1.82, 2.24) is 0 Å². The van der Waals surface area contributed by atoms with E-state index < -0.39 is 6.11 Å². The Morgan fingerprint density at radius 2 is 1.83 bits per heavy atom. The molecule has 6 heavy (non-hydrogen) atoms. The molecule has 0 aliphatic carbocycles. The zero-order valence-electron chi connectivity index (χ0n) is 3.04. The van der Waals surface area contributed by atoms with Gasteiger partial charge in [0, 0.05) is 6.92 Å². The fourth-order valence-corrected chi connectivity index (χ4v) is 0. The van der Waals surface area contributed by atoms with Crippen molar-refractivity contribution in [3.63, 3.8) is 0 Å². The Morgan fingerprint density at radius 1 is 1.67 bits per heavy atom. The lowest BCUT2D eigenvalue weighted by molar-refractivity contribution is -0.140. The zero-order valence-corrected chi connectivity index (χ0v) is 4.63. The lowest BCUT2D eigenvalue weighted by Crippen LogP contribution is -2.07. The van der Waals surface area contributed by atoms with Gasteiger partial charge in [-0.2, -0.15) is 8.78 Å². The van der Waals surface area contributed by atoms with Crippen LogP contribution in [0.3, 0.4) is 0 Å². The summed E-state index contributed by atoms with van der Waals surface area (Å²) >= 11 is 2.12. The van der Waals surface area contributed by atoms with E-state index >= 15 is 0 Å². The maximum atomic E-state index is 11.2. The van der Waals surface area contributed by atoms with Gasteiger partial charge >= 0.3 is 6.11 Å². The summed E-state index contributed by atoms with van der Waals surface area (Å²) in [5.74, 6) is 0. The molecule has 0 bridgehead atoms. The van der Waals surface area contributed by atoms with Gasteiger partial charge in [0.2, 0.25) is 0 Å². The van der Waals surface area contributed by atoms with Gasteiger partial charge in [-0.3, -0.25) is 0 Å². The highest BCUT2D eigenvalue weighted by molar-refractivity contribution is 9.06. The molecular formula is C2H3BrF2O. The Hall–Kier alpha value is 0.300. The molecular weight excluding hydrogens is 158 g/mol. The van der Waals surface area contributed by atoms with Gasteiger partial charge in [-0.25, -0.2) is 3.83 Å². The quantitative estimate of drug-likeness (QED) is 0.570. The molecule has 0 heterocycles. The second kappa shape index (κ2) is 1.84. The van der Waals surface area contributed by atoms with Crippen molar-refractivity contribution < 1.29 is 12.6 Å². The average Bonchev–Trinajstić information content (AvgIpc) is 1.35. The van der Waals surface area contributed by atoms with Crippen molar-refractivity contribution in [3.05, 3.63) is 0 Å². The molecule has 0 fully saturated rings. The minimum atomic E-state index is -3.04. The molecule has 0 aromatic rings. The van der Waals surface area contributed by atoms with Crippen molar-refractivity contribution in [3.8, 4) is 0 Å². The first kappa shape index (κ1) is 6.30. The lowest BCUT2D eigenvalue weighted by atomic mass is 10.8. The van der Waals surface area contributed by atoms with Crippen LogP contribution in [-0.4, -0.2) is 6.11 Å². The maximum Gasteiger partial charge on any atom is 0.363 e. The Morgan fingerprint density at radius 3 is 1.83 bits per heavy atom. The van der Waals surface area contributed by atoms with Gasteiger partial charge < -0.3 is 0 Å². The first-order chi connectivity index (χ1) is 2.56. The van der Waals surface area contributed by atoms with E-state index in [9.17, 15) is 8.78 Å². The van der Waals surface area contributed by atoms with Crippen LogP contribution in [0.25, 0.3) is 0 Å². The molecule has 0 radical (unpaired) electrons. The van der Waals surface area contributed by atoms with Crippen LogP contribution in [-0.2, 0) is 3.83 Å². The minimum absolute atomic E-state index is 0.641. The summed E-state index contributed by atoms with van der Waals surface area (Å²) in [6.45, 7) is 0.641. The molecule has 4 heteroatoms. The molecule has 0 aromatic heterocycles. The minimum Gasteiger partial charge on any atom is -0.241 e. The van der Waals surface area contributed by atoms with Gasteiger partial charge in [0.05, 0.1) is 0 Å². The standard InChI is InChI=1S/C2H3BrF2O/c1-2(4,5)6-3/h1H3. The van der Waals surface area contributed by atoms with Crippen molar-refractivity contribution in [2.45, 2.75) is 13.0 Å². The van der Waals surface area contributed by atoms with Crippen molar-refractivity contribution in [1.29, 1.82) is 0 Å². The van der Waals surface area contributed by atoms with Crippen molar-refractivity contribution >= 4 is 16.3 Å². The lowest BCUT2D eigenvalue weighted by Gasteiger charge is -2.00. The van der Waals surface area contributed by atoms with Gasteiger partial charge in [0.25, 0.3) is 0 Å². The molecule has 0 aliphatic heterocycles. The first-order valence-corrected chi connectivity index (χ1v) is 1.88. The van der Waals surface area contributed by atoms with Gasteiger partial charge in [0.1, 0.15) is 16.3 Å². The Labute approximate surface area is 42.7 Å². The highest BCUT2D eigenvalue weighted by Gasteiger charge is 2.19. The van der Waals surface area contributed by atoms with Crippen LogP contribution in [0.4, 0.5) is 8.78 Å². The summed E-state index contributed by atoms with van der Waals surface area (Å²) in [6.07, 6.45) is -3.04. The predicted octanol–water partition coefficient (Wildman–Crippen LogP) is 1.93. The number of rotatable bonds is 1. The van der Waals surface area contributed by atoms with E-state index in [1.807, 2.05) is 0 Å². The summed E-state index contributed by atoms with van der Waals surface area (Å²) in [5.41, 5.74) is 0. The third kappa shape index (κ3) is 4.30. The number of hydrogen-bond acceptors (Lipinski definition) is 1. The van der Waals surface area contributed by atoms with Crippen LogP contribution in [0, 0.1) is 0 Å². The van der Waals surface area contributed by atoms with Crippen LogP contribution in [0.15, 0.2) is 0 Å². The number of halogens is 3. The molecule has 1 nitrogen and oxygen atoms in total. The molecule has 0 N–H and O–H groups in total. The van der Waals surface area contributed by atoms with E-state index in [1.165, 1.54) is 0 Å². The fraction of sp³-hybridized carbons (Fsp3) is 1.00. The van der Waals surface area contributed by atoms with Crippen molar-refractivity contribution in [2.24, 2.45) is 0 Å². The van der Waals surface area contributed by atoms with Gasteiger partial charge in [-0.15, -0.1) is 0 Å². The third-order valence-electron chi connectivity index (χ3n) is 0.135. The predicted molar refractivity (Wildman–Crippen MR) is 20.6 cm³/mol. The second-order valence-electron chi connectivity index (χ2n) is 0.885. The van der Waals surface area contributed by atoms with Crippen LogP contribution in [0.5, 0.6) is 0 Å². The van der Waals surface area contributed by atoms with Gasteiger partial charge in [-0.1, -0.05) is 0 Å². The number of alkyl halides is 2. The summed E-state index contributed by atoms with van der Waals surface area (Å²) in [6, 6.07) is 0. The molecule has 0 saturated heterocycles. The molecule has 0 saturated carbocycles. The van der Waals surface area contributed by atoms with Gasteiger partial charge in [0.15, 0.2) is 0 Å². The Bertz CT molecular complexity index is 41.3. The van der Waals surface area contributed by atoms with E-state index in [-0.39, 0.29) is 0 Å². The Balaban J connectivity index is 3.17. The first-order valence-electron chi connectivity index (χ1n) is 1.24. The molecule has 38 valence electrons. The summed E-state index contributed by atoms with van der Waals surface area (Å²) < 4.78 is 25.8. The van der Waals surface area contributed by atoms with Crippen LogP contribution >= 0.6 is 16.3 Å². The molecule has 0 spiro atoms. The maximum absolute atomic E-state index is 11.2. The summed E-state index contributed by atoms with van der Waals surface area (Å²) in [4.78, 5) is 0. The van der Waals surface area contributed by atoms with E-state index in [0.29, 0.717) is 6.92 Å². The normalized spacial score (nSPS) is 12.0. The topological polar surface area (TPSA) is 9.23 Å². The zero-order chi connectivity index (χ0) is 5.21. The van der Waals surface area contributed by atoms with E-state index in [0.717, 1.165) is 0 Å². The third-order valence-corrected chi connectivity index (χ3v) is 0.704. The number of hydrogen-bond donors (Lipinski definition) is 0. The Kier molecular flexibility index (Phi) is 1.93. The summed E-state index contributed by atoms with van der Waals surface area (Å²) in [5, 5.41) is 0. The van der Waals surface area contributed by atoms with Crippen molar-refractivity contribution in [2.75, 3.05) is 0 Å². The van der Waals surface area contributed by atoms with Crippen LogP contribution in [0.2, 0.25) is 0 Å². The largest absolute Gasteiger partial charge is 0.363 e. The van der Waals surface area contributed by atoms with E-state index in [4.69, 9.17) is 0 Å². The molecule has 0 atom stereocenters. The molecule has 0 aromatic carbocycles. The van der Waals surface area contributed by atoms with E-state index in [1.54, 1.807) is 0 Å². The van der Waals surface area contributed by atoms with Gasteiger partial charge in [-0.05, 0) is 0 Å². The monoisotopic (exact) mass is 160 g/mol. The fourth-order valence-electron chi connectivity index (χ4n) is 0. The SMILES string of the molecule is CC(F)(F)OBr. The average molecular weight is 161 g/mol. The molecule has 0 aliphatic rings. The highest BCUT2D eigenvalue weighted by atomic mass is 79.9. The molecule has 0 amide bonds. The smallest absolute Gasteiger partial charge is 0.241 e. The second-order valence-corrected chi connectivity index (χ2v) is 1.21. The van der Waals surface area contributed by atoms with Crippen LogP contribution in [0.1, 0.15) is 6.92 Å². The summed E-state index contributed by atoms with van der Waals surface area (Å²) in [7, 11) is 0. The molecule has 0 unspecified atom stereocenters.